The Morgan fingerprint density at radius 1 is 1.37 bits per heavy atom. The van der Waals surface area contributed by atoms with Crippen LogP contribution in [0.2, 0.25) is 0 Å². The van der Waals surface area contributed by atoms with Crippen LogP contribution in [-0.4, -0.2) is 32.1 Å². The molecule has 1 aliphatic rings. The van der Waals surface area contributed by atoms with Crippen molar-refractivity contribution in [3.8, 4) is 11.8 Å². The number of halogens is 1. The second kappa shape index (κ2) is 8.26. The summed E-state index contributed by atoms with van der Waals surface area (Å²) < 4.78 is 19.6. The lowest BCUT2D eigenvalue weighted by molar-refractivity contribution is -0.119. The van der Waals surface area contributed by atoms with E-state index in [1.54, 1.807) is 0 Å². The molecule has 1 aromatic carbocycles. The number of hydrogen-bond donors (Lipinski definition) is 2. The van der Waals surface area contributed by atoms with Gasteiger partial charge >= 0.3 is 0 Å². The second-order valence-corrected chi connectivity index (χ2v) is 7.19. The minimum atomic E-state index is -0.748. The third-order valence-corrected chi connectivity index (χ3v) is 5.24. The number of nitrogen functional groups attached to an aromatic ring is 1. The number of carbonyl (C=O) groups is 1. The number of nitrogens with one attached hydrogen (secondary N) is 1. The molecule has 10 heteroatoms. The lowest BCUT2D eigenvalue weighted by Gasteiger charge is -2.21. The van der Waals surface area contributed by atoms with Crippen molar-refractivity contribution in [1.29, 1.82) is 5.26 Å². The summed E-state index contributed by atoms with van der Waals surface area (Å²) in [5, 5.41) is 20.4. The van der Waals surface area contributed by atoms with Crippen molar-refractivity contribution in [2.24, 2.45) is 0 Å². The Bertz CT molecular complexity index is 842. The first kappa shape index (κ1) is 19.0. The topological polar surface area (TPSA) is 119 Å². The number of carbonyl (C=O) groups excluding carboxylic acids is 1. The highest BCUT2D eigenvalue weighted by Crippen LogP contribution is 2.29. The van der Waals surface area contributed by atoms with Gasteiger partial charge in [0.15, 0.2) is 5.82 Å². The molecule has 1 aromatic heterocycles. The molecule has 1 heterocycles. The van der Waals surface area contributed by atoms with E-state index in [1.807, 2.05) is 0 Å². The fourth-order valence-corrected chi connectivity index (χ4v) is 3.53. The zero-order chi connectivity index (χ0) is 19.3. The fraction of sp³-hybridized carbons (Fsp3) is 0.412. The number of nitrogens with two attached hydrogens (primary N) is 1. The molecular weight excluding hydrogens is 371 g/mol. The standard InChI is InChI=1S/C17H19FN6O2S/c18-12-3-5-13(6-4-12)26-9-14-22-23-16(24(14)20)27-10-15(25)21-17(11-19)7-1-2-8-17/h3-6H,1-2,7-10,20H2,(H,21,25). The van der Waals surface area contributed by atoms with Crippen LogP contribution in [0.1, 0.15) is 31.5 Å². The number of rotatable bonds is 7. The van der Waals surface area contributed by atoms with Crippen LogP contribution in [0.5, 0.6) is 5.75 Å². The molecule has 0 aliphatic heterocycles. The van der Waals surface area contributed by atoms with Crippen LogP contribution in [0.4, 0.5) is 4.39 Å². The first-order valence-corrected chi connectivity index (χ1v) is 9.43. The number of aromatic nitrogens is 3. The van der Waals surface area contributed by atoms with Crippen LogP contribution >= 0.6 is 11.8 Å². The van der Waals surface area contributed by atoms with E-state index in [-0.39, 0.29) is 24.1 Å². The van der Waals surface area contributed by atoms with E-state index in [9.17, 15) is 14.4 Å². The highest BCUT2D eigenvalue weighted by Gasteiger charge is 2.35. The molecule has 0 unspecified atom stereocenters. The van der Waals surface area contributed by atoms with Crippen molar-refractivity contribution in [2.45, 2.75) is 43.0 Å². The molecule has 2 aromatic rings. The minimum absolute atomic E-state index is 0.0550. The molecule has 0 saturated heterocycles. The van der Waals surface area contributed by atoms with E-state index in [0.29, 0.717) is 29.6 Å². The van der Waals surface area contributed by atoms with E-state index in [0.717, 1.165) is 24.6 Å². The Morgan fingerprint density at radius 2 is 2.07 bits per heavy atom. The predicted molar refractivity (Wildman–Crippen MR) is 96.6 cm³/mol. The van der Waals surface area contributed by atoms with Crippen molar-refractivity contribution in [1.82, 2.24) is 20.2 Å². The molecule has 1 saturated carbocycles. The Balaban J connectivity index is 1.52. The third-order valence-electron chi connectivity index (χ3n) is 4.30. The Hall–Kier alpha value is -2.80. The summed E-state index contributed by atoms with van der Waals surface area (Å²) in [6.45, 7) is 0.0550. The first-order chi connectivity index (χ1) is 13.0. The molecule has 0 atom stereocenters. The smallest absolute Gasteiger partial charge is 0.231 e. The van der Waals surface area contributed by atoms with Crippen molar-refractivity contribution in [3.05, 3.63) is 35.9 Å². The molecule has 0 spiro atoms. The summed E-state index contributed by atoms with van der Waals surface area (Å²) in [4.78, 5) is 12.2. The summed E-state index contributed by atoms with van der Waals surface area (Å²) in [6, 6.07) is 7.80. The van der Waals surface area contributed by atoms with Gasteiger partial charge in [-0.3, -0.25) is 4.79 Å². The van der Waals surface area contributed by atoms with E-state index in [4.69, 9.17) is 10.6 Å². The lowest BCUT2D eigenvalue weighted by Crippen LogP contribution is -2.45. The normalized spacial score (nSPS) is 15.3. The quantitative estimate of drug-likeness (QED) is 0.546. The van der Waals surface area contributed by atoms with E-state index < -0.39 is 5.54 Å². The highest BCUT2D eigenvalue weighted by molar-refractivity contribution is 7.99. The number of thioether (sulfide) groups is 1. The van der Waals surface area contributed by atoms with Gasteiger partial charge in [-0.05, 0) is 49.9 Å². The summed E-state index contributed by atoms with van der Waals surface area (Å²) in [6.07, 6.45) is 3.24. The zero-order valence-corrected chi connectivity index (χ0v) is 15.3. The van der Waals surface area contributed by atoms with Gasteiger partial charge in [0.25, 0.3) is 0 Å². The average molecular weight is 390 g/mol. The third kappa shape index (κ3) is 4.68. The Kier molecular flexibility index (Phi) is 5.81. The van der Waals surface area contributed by atoms with E-state index >= 15 is 0 Å². The molecule has 1 amide bonds. The molecule has 27 heavy (non-hydrogen) atoms. The number of amides is 1. The molecule has 3 N–H and O–H groups in total. The molecule has 142 valence electrons. The number of nitrogens with zero attached hydrogens (tertiary/aromatic N) is 4. The molecule has 8 nitrogen and oxygen atoms in total. The highest BCUT2D eigenvalue weighted by atomic mass is 32.2. The second-order valence-electron chi connectivity index (χ2n) is 6.25. The molecular formula is C17H19FN6O2S. The maximum absolute atomic E-state index is 12.9. The fourth-order valence-electron chi connectivity index (χ4n) is 2.86. The zero-order valence-electron chi connectivity index (χ0n) is 14.5. The van der Waals surface area contributed by atoms with E-state index in [1.165, 1.54) is 28.9 Å². The lowest BCUT2D eigenvalue weighted by atomic mass is 10.0. The van der Waals surface area contributed by atoms with Gasteiger partial charge in [-0.2, -0.15) is 5.26 Å². The van der Waals surface area contributed by atoms with Gasteiger partial charge in [-0.15, -0.1) is 10.2 Å². The number of nitriles is 1. The largest absolute Gasteiger partial charge is 0.486 e. The summed E-state index contributed by atoms with van der Waals surface area (Å²) in [7, 11) is 0. The van der Waals surface area contributed by atoms with Crippen LogP contribution in [0.25, 0.3) is 0 Å². The van der Waals surface area contributed by atoms with Gasteiger partial charge in [0.1, 0.15) is 23.7 Å². The maximum Gasteiger partial charge on any atom is 0.231 e. The Morgan fingerprint density at radius 3 is 2.74 bits per heavy atom. The van der Waals surface area contributed by atoms with Gasteiger partial charge in [-0.25, -0.2) is 9.07 Å². The Labute approximate surface area is 159 Å². The average Bonchev–Trinajstić information content (AvgIpc) is 3.27. The van der Waals surface area contributed by atoms with Gasteiger partial charge in [-0.1, -0.05) is 11.8 Å². The van der Waals surface area contributed by atoms with Crippen LogP contribution < -0.4 is 15.9 Å². The molecule has 0 radical (unpaired) electrons. The minimum Gasteiger partial charge on any atom is -0.486 e. The van der Waals surface area contributed by atoms with Crippen molar-refractivity contribution >= 4 is 17.7 Å². The number of benzene rings is 1. The van der Waals surface area contributed by atoms with Crippen molar-refractivity contribution < 1.29 is 13.9 Å². The number of hydrogen-bond acceptors (Lipinski definition) is 7. The van der Waals surface area contributed by atoms with Crippen LogP contribution in [-0.2, 0) is 11.4 Å². The molecule has 1 fully saturated rings. The summed E-state index contributed by atoms with van der Waals surface area (Å²) >= 11 is 1.13. The van der Waals surface area contributed by atoms with Gasteiger partial charge in [0, 0.05) is 0 Å². The van der Waals surface area contributed by atoms with Crippen LogP contribution in [0.3, 0.4) is 0 Å². The van der Waals surface area contributed by atoms with Crippen molar-refractivity contribution in [2.75, 3.05) is 11.6 Å². The molecule has 0 bridgehead atoms. The van der Waals surface area contributed by atoms with E-state index in [2.05, 4.69) is 21.6 Å². The SMILES string of the molecule is N#CC1(NC(=O)CSc2nnc(COc3ccc(F)cc3)n2N)CCCC1. The van der Waals surface area contributed by atoms with Crippen molar-refractivity contribution in [3.63, 3.8) is 0 Å². The predicted octanol–water partition coefficient (Wildman–Crippen LogP) is 1.75. The van der Waals surface area contributed by atoms with Gasteiger partial charge < -0.3 is 15.9 Å². The maximum atomic E-state index is 12.9. The summed E-state index contributed by atoms with van der Waals surface area (Å²) in [5.41, 5.74) is -0.748. The molecule has 3 rings (SSSR count). The van der Waals surface area contributed by atoms with Gasteiger partial charge in [0.2, 0.25) is 11.1 Å². The van der Waals surface area contributed by atoms with Gasteiger partial charge in [0.05, 0.1) is 11.8 Å². The summed E-state index contributed by atoms with van der Waals surface area (Å²) in [5.74, 6) is 6.28. The van der Waals surface area contributed by atoms with Crippen LogP contribution in [0, 0.1) is 17.1 Å². The monoisotopic (exact) mass is 390 g/mol. The van der Waals surface area contributed by atoms with Crippen LogP contribution in [0.15, 0.2) is 29.4 Å². The first-order valence-electron chi connectivity index (χ1n) is 8.44. The molecule has 1 aliphatic carbocycles. The number of ether oxygens (including phenoxy) is 1.